The molecule has 0 saturated heterocycles. The summed E-state index contributed by atoms with van der Waals surface area (Å²) >= 11 is 0. The van der Waals surface area contributed by atoms with Crippen LogP contribution in [0.15, 0.2) is 30.3 Å². The van der Waals surface area contributed by atoms with Crippen molar-refractivity contribution >= 4 is 0 Å². The van der Waals surface area contributed by atoms with Crippen molar-refractivity contribution in [3.05, 3.63) is 35.9 Å². The maximum absolute atomic E-state index is 5.00. The molecule has 1 aromatic rings. The van der Waals surface area contributed by atoms with E-state index in [4.69, 9.17) is 5.90 Å². The first kappa shape index (κ1) is 11.1. The lowest BCUT2D eigenvalue weighted by Gasteiger charge is -2.06. The van der Waals surface area contributed by atoms with E-state index in [1.54, 1.807) is 0 Å². The molecule has 0 aliphatic heterocycles. The number of hydrogen-bond donors (Lipinski definition) is 1. The highest BCUT2D eigenvalue weighted by atomic mass is 16.6. The highest BCUT2D eigenvalue weighted by Crippen LogP contribution is 2.12. The molecule has 2 N–H and O–H groups in total. The van der Waals surface area contributed by atoms with Crippen LogP contribution in [0.5, 0.6) is 0 Å². The first-order valence-corrected chi connectivity index (χ1v) is 4.25. The van der Waals surface area contributed by atoms with Crippen LogP contribution in [0.1, 0.15) is 32.4 Å². The second-order valence-corrected chi connectivity index (χ2v) is 2.19. The van der Waals surface area contributed by atoms with Gasteiger partial charge in [-0.05, 0) is 12.5 Å². The number of benzene rings is 1. The van der Waals surface area contributed by atoms with E-state index in [-0.39, 0.29) is 6.10 Å². The van der Waals surface area contributed by atoms with Crippen LogP contribution in [0.3, 0.4) is 0 Å². The van der Waals surface area contributed by atoms with E-state index >= 15 is 0 Å². The summed E-state index contributed by atoms with van der Waals surface area (Å²) in [7, 11) is 0. The Labute approximate surface area is 74.3 Å². The van der Waals surface area contributed by atoms with Gasteiger partial charge >= 0.3 is 0 Å². The first-order chi connectivity index (χ1) is 5.84. The molecule has 12 heavy (non-hydrogen) atoms. The predicted octanol–water partition coefficient (Wildman–Crippen LogP) is 2.66. The van der Waals surface area contributed by atoms with Crippen molar-refractivity contribution in [3.63, 3.8) is 0 Å². The summed E-state index contributed by atoms with van der Waals surface area (Å²) in [5, 5.41) is 0. The predicted molar refractivity (Wildman–Crippen MR) is 51.5 cm³/mol. The number of rotatable bonds is 2. The van der Waals surface area contributed by atoms with Crippen molar-refractivity contribution in [2.75, 3.05) is 0 Å². The van der Waals surface area contributed by atoms with E-state index in [1.807, 2.05) is 51.1 Å². The Hall–Kier alpha value is -0.860. The van der Waals surface area contributed by atoms with Crippen LogP contribution in [0.4, 0.5) is 0 Å². The molecule has 0 amide bonds. The fraction of sp³-hybridized carbons (Fsp3) is 0.400. The Morgan fingerprint density at radius 2 is 1.67 bits per heavy atom. The highest BCUT2D eigenvalue weighted by molar-refractivity contribution is 5.16. The summed E-state index contributed by atoms with van der Waals surface area (Å²) in [5.41, 5.74) is 1.10. The molecular weight excluding hydrogens is 150 g/mol. The van der Waals surface area contributed by atoms with E-state index < -0.39 is 0 Å². The normalized spacial score (nSPS) is 11.3. The maximum Gasteiger partial charge on any atom is 0.101 e. The molecule has 1 aromatic carbocycles. The van der Waals surface area contributed by atoms with Gasteiger partial charge in [0.05, 0.1) is 0 Å². The average molecular weight is 167 g/mol. The molecule has 0 spiro atoms. The Bertz CT molecular complexity index is 186. The summed E-state index contributed by atoms with van der Waals surface area (Å²) < 4.78 is 0. The van der Waals surface area contributed by atoms with Crippen molar-refractivity contribution < 1.29 is 4.84 Å². The largest absolute Gasteiger partial charge is 0.297 e. The lowest BCUT2D eigenvalue weighted by molar-refractivity contribution is 0.0664. The van der Waals surface area contributed by atoms with Crippen LogP contribution in [0.25, 0.3) is 0 Å². The smallest absolute Gasteiger partial charge is 0.101 e. The minimum atomic E-state index is -0.0128. The van der Waals surface area contributed by atoms with Crippen molar-refractivity contribution in [2.24, 2.45) is 5.90 Å². The molecule has 68 valence electrons. The fourth-order valence-corrected chi connectivity index (χ4v) is 0.803. The standard InChI is InChI=1S/C8H11NO.C2H6/c1-7(10-9)8-5-3-2-4-6-8;1-2/h2-7H,9H2,1H3;1-2H3. The SMILES string of the molecule is CC.CC(ON)c1ccccc1. The third kappa shape index (κ3) is 3.51. The second-order valence-electron chi connectivity index (χ2n) is 2.19. The van der Waals surface area contributed by atoms with E-state index in [1.165, 1.54) is 0 Å². The number of nitrogens with two attached hydrogens (primary N) is 1. The lowest BCUT2D eigenvalue weighted by atomic mass is 10.1. The van der Waals surface area contributed by atoms with Gasteiger partial charge < -0.3 is 0 Å². The zero-order valence-corrected chi connectivity index (χ0v) is 7.95. The Morgan fingerprint density at radius 1 is 1.17 bits per heavy atom. The molecule has 0 fully saturated rings. The topological polar surface area (TPSA) is 35.2 Å². The Morgan fingerprint density at radius 3 is 2.08 bits per heavy atom. The van der Waals surface area contributed by atoms with E-state index in [0.29, 0.717) is 0 Å². The molecule has 0 radical (unpaired) electrons. The molecule has 0 aliphatic carbocycles. The maximum atomic E-state index is 5.00. The fourth-order valence-electron chi connectivity index (χ4n) is 0.803. The van der Waals surface area contributed by atoms with Gasteiger partial charge in [-0.3, -0.25) is 4.84 Å². The molecular formula is C10H17NO. The van der Waals surface area contributed by atoms with Crippen molar-refractivity contribution in [1.29, 1.82) is 0 Å². The zero-order valence-electron chi connectivity index (χ0n) is 7.95. The summed E-state index contributed by atoms with van der Waals surface area (Å²) in [6.45, 7) is 5.91. The summed E-state index contributed by atoms with van der Waals surface area (Å²) in [6.07, 6.45) is -0.0128. The number of hydrogen-bond acceptors (Lipinski definition) is 2. The van der Waals surface area contributed by atoms with Gasteiger partial charge in [-0.1, -0.05) is 44.2 Å². The quantitative estimate of drug-likeness (QED) is 0.687. The molecule has 1 atom stereocenters. The van der Waals surface area contributed by atoms with E-state index in [2.05, 4.69) is 4.84 Å². The van der Waals surface area contributed by atoms with Crippen LogP contribution in [-0.2, 0) is 4.84 Å². The van der Waals surface area contributed by atoms with E-state index in [9.17, 15) is 0 Å². The van der Waals surface area contributed by atoms with Gasteiger partial charge in [0.25, 0.3) is 0 Å². The van der Waals surface area contributed by atoms with E-state index in [0.717, 1.165) is 5.56 Å². The van der Waals surface area contributed by atoms with Crippen LogP contribution in [0.2, 0.25) is 0 Å². The highest BCUT2D eigenvalue weighted by Gasteiger charge is 2.00. The van der Waals surface area contributed by atoms with Gasteiger partial charge in [0.1, 0.15) is 6.10 Å². The van der Waals surface area contributed by atoms with Crippen LogP contribution >= 0.6 is 0 Å². The molecule has 1 rings (SSSR count). The van der Waals surface area contributed by atoms with Gasteiger partial charge in [0, 0.05) is 0 Å². The minimum Gasteiger partial charge on any atom is -0.297 e. The summed E-state index contributed by atoms with van der Waals surface area (Å²) in [4.78, 5) is 4.64. The Balaban J connectivity index is 0.000000561. The molecule has 0 saturated carbocycles. The molecule has 0 aliphatic rings. The molecule has 2 heteroatoms. The van der Waals surface area contributed by atoms with Gasteiger partial charge in [-0.15, -0.1) is 0 Å². The molecule has 2 nitrogen and oxygen atoms in total. The van der Waals surface area contributed by atoms with Crippen LogP contribution < -0.4 is 5.90 Å². The van der Waals surface area contributed by atoms with Crippen molar-refractivity contribution in [1.82, 2.24) is 0 Å². The van der Waals surface area contributed by atoms with Crippen LogP contribution in [-0.4, -0.2) is 0 Å². The zero-order chi connectivity index (χ0) is 9.40. The average Bonchev–Trinajstić information content (AvgIpc) is 2.21. The van der Waals surface area contributed by atoms with Gasteiger partial charge in [0.2, 0.25) is 0 Å². The van der Waals surface area contributed by atoms with Crippen LogP contribution in [0, 0.1) is 0 Å². The van der Waals surface area contributed by atoms with Gasteiger partial charge in [-0.2, -0.15) is 0 Å². The minimum absolute atomic E-state index is 0.0128. The van der Waals surface area contributed by atoms with Crippen molar-refractivity contribution in [3.8, 4) is 0 Å². The first-order valence-electron chi connectivity index (χ1n) is 4.25. The lowest BCUT2D eigenvalue weighted by Crippen LogP contribution is -2.04. The van der Waals surface area contributed by atoms with Gasteiger partial charge in [0.15, 0.2) is 0 Å². The third-order valence-electron chi connectivity index (χ3n) is 1.47. The summed E-state index contributed by atoms with van der Waals surface area (Å²) in [6, 6.07) is 9.86. The molecule has 0 aromatic heterocycles. The van der Waals surface area contributed by atoms with Gasteiger partial charge in [-0.25, -0.2) is 5.90 Å². The molecule has 1 unspecified atom stereocenters. The second kappa shape index (κ2) is 6.83. The molecule has 0 bridgehead atoms. The summed E-state index contributed by atoms with van der Waals surface area (Å²) in [5.74, 6) is 5.00. The third-order valence-corrected chi connectivity index (χ3v) is 1.47. The Kier molecular flexibility index (Phi) is 6.34. The molecule has 0 heterocycles. The van der Waals surface area contributed by atoms with Crippen molar-refractivity contribution in [2.45, 2.75) is 26.9 Å². The monoisotopic (exact) mass is 167 g/mol.